The molecule has 0 unspecified atom stereocenters. The van der Waals surface area contributed by atoms with E-state index in [1.54, 1.807) is 32.4 Å². The number of fused-ring (bicyclic) bond motifs is 1. The van der Waals surface area contributed by atoms with Crippen LogP contribution in [0.4, 0.5) is 0 Å². The fourth-order valence-electron chi connectivity index (χ4n) is 1.44. The molecule has 16 heavy (non-hydrogen) atoms. The smallest absolute Gasteiger partial charge is 0.354 e. The van der Waals surface area contributed by atoms with Gasteiger partial charge in [-0.05, 0) is 13.0 Å². The van der Waals surface area contributed by atoms with Gasteiger partial charge in [0.15, 0.2) is 0 Å². The minimum Gasteiger partial charge on any atom is -0.481 e. The van der Waals surface area contributed by atoms with Crippen molar-refractivity contribution in [1.82, 2.24) is 9.97 Å². The molecule has 2 aromatic heterocycles. The molecule has 0 radical (unpaired) electrons. The van der Waals surface area contributed by atoms with Crippen molar-refractivity contribution in [2.75, 3.05) is 13.7 Å². The van der Waals surface area contributed by atoms with Crippen LogP contribution >= 0.6 is 0 Å². The van der Waals surface area contributed by atoms with Crippen molar-refractivity contribution < 1.29 is 14.3 Å². The molecule has 0 aliphatic carbocycles. The molecule has 5 nitrogen and oxygen atoms in total. The van der Waals surface area contributed by atoms with Crippen molar-refractivity contribution in [1.29, 1.82) is 0 Å². The third-order valence-corrected chi connectivity index (χ3v) is 2.18. The summed E-state index contributed by atoms with van der Waals surface area (Å²) >= 11 is 0. The first-order valence-corrected chi connectivity index (χ1v) is 4.94. The van der Waals surface area contributed by atoms with Crippen molar-refractivity contribution >= 4 is 16.9 Å². The van der Waals surface area contributed by atoms with Crippen molar-refractivity contribution in [2.24, 2.45) is 0 Å². The quantitative estimate of drug-likeness (QED) is 0.800. The maximum absolute atomic E-state index is 11.5. The molecular weight excluding hydrogens is 208 g/mol. The lowest BCUT2D eigenvalue weighted by molar-refractivity contribution is 0.0520. The topological polar surface area (TPSA) is 64.2 Å². The van der Waals surface area contributed by atoms with Crippen LogP contribution in [0.15, 0.2) is 18.3 Å². The maximum Gasteiger partial charge on any atom is 0.354 e. The Morgan fingerprint density at radius 2 is 2.31 bits per heavy atom. The Kier molecular flexibility index (Phi) is 2.76. The number of nitrogens with zero attached hydrogens (tertiary/aromatic N) is 1. The minimum atomic E-state index is -0.363. The van der Waals surface area contributed by atoms with Crippen LogP contribution in [-0.2, 0) is 4.74 Å². The van der Waals surface area contributed by atoms with E-state index in [4.69, 9.17) is 9.47 Å². The normalized spacial score (nSPS) is 10.4. The number of hydrogen-bond donors (Lipinski definition) is 1. The van der Waals surface area contributed by atoms with Gasteiger partial charge in [0.05, 0.1) is 19.2 Å². The molecule has 0 saturated heterocycles. The van der Waals surface area contributed by atoms with Gasteiger partial charge in [0.25, 0.3) is 0 Å². The second-order valence-electron chi connectivity index (χ2n) is 3.22. The number of ether oxygens (including phenoxy) is 2. The Balaban J connectivity index is 2.39. The van der Waals surface area contributed by atoms with Crippen molar-refractivity contribution in [3.63, 3.8) is 0 Å². The summed E-state index contributed by atoms with van der Waals surface area (Å²) in [6.07, 6.45) is 1.65. The summed E-state index contributed by atoms with van der Waals surface area (Å²) in [6.45, 7) is 2.13. The number of esters is 1. The van der Waals surface area contributed by atoms with Crippen LogP contribution in [0.2, 0.25) is 0 Å². The fourth-order valence-corrected chi connectivity index (χ4v) is 1.44. The lowest BCUT2D eigenvalue weighted by atomic mass is 10.3. The van der Waals surface area contributed by atoms with Gasteiger partial charge in [0, 0.05) is 17.6 Å². The van der Waals surface area contributed by atoms with Gasteiger partial charge in [0.1, 0.15) is 5.69 Å². The van der Waals surface area contributed by atoms with E-state index < -0.39 is 0 Å². The largest absolute Gasteiger partial charge is 0.481 e. The van der Waals surface area contributed by atoms with Crippen molar-refractivity contribution in [3.05, 3.63) is 24.0 Å². The van der Waals surface area contributed by atoms with E-state index in [1.807, 2.05) is 0 Å². The molecule has 2 aromatic rings. The monoisotopic (exact) mass is 220 g/mol. The third kappa shape index (κ3) is 1.84. The van der Waals surface area contributed by atoms with Crippen LogP contribution in [-0.4, -0.2) is 29.7 Å². The van der Waals surface area contributed by atoms with Crippen molar-refractivity contribution in [3.8, 4) is 5.88 Å². The molecule has 5 heteroatoms. The summed E-state index contributed by atoms with van der Waals surface area (Å²) in [5.41, 5.74) is 1.22. The number of carbonyl (C=O) groups excluding carboxylic acids is 1. The number of hydrogen-bond acceptors (Lipinski definition) is 4. The van der Waals surface area contributed by atoms with Crippen LogP contribution in [0, 0.1) is 0 Å². The van der Waals surface area contributed by atoms with Gasteiger partial charge in [-0.25, -0.2) is 9.78 Å². The van der Waals surface area contributed by atoms with E-state index in [1.165, 1.54) is 0 Å². The summed E-state index contributed by atoms with van der Waals surface area (Å²) in [5, 5.41) is 0.851. The number of aromatic nitrogens is 2. The molecule has 0 spiro atoms. The lowest BCUT2D eigenvalue weighted by Crippen LogP contribution is -2.04. The molecule has 0 aliphatic heterocycles. The van der Waals surface area contributed by atoms with E-state index in [9.17, 15) is 4.79 Å². The highest BCUT2D eigenvalue weighted by molar-refractivity contribution is 5.94. The summed E-state index contributed by atoms with van der Waals surface area (Å²) in [7, 11) is 1.55. The van der Waals surface area contributed by atoms with E-state index in [0.717, 1.165) is 10.9 Å². The molecule has 2 heterocycles. The number of aromatic amines is 1. The fraction of sp³-hybridized carbons (Fsp3) is 0.273. The zero-order valence-corrected chi connectivity index (χ0v) is 9.11. The minimum absolute atomic E-state index is 0.357. The van der Waals surface area contributed by atoms with E-state index >= 15 is 0 Å². The maximum atomic E-state index is 11.5. The zero-order valence-electron chi connectivity index (χ0n) is 9.11. The van der Waals surface area contributed by atoms with Gasteiger partial charge in [0.2, 0.25) is 5.88 Å². The first kappa shape index (κ1) is 10.5. The number of nitrogens with one attached hydrogen (secondary N) is 1. The molecule has 0 aromatic carbocycles. The highest BCUT2D eigenvalue weighted by Gasteiger charge is 2.10. The molecule has 0 atom stereocenters. The van der Waals surface area contributed by atoms with Gasteiger partial charge in [-0.3, -0.25) is 0 Å². The first-order chi connectivity index (χ1) is 7.74. The standard InChI is InChI=1S/C11H12N2O3/c1-3-16-11(14)9-4-7-6-12-10(15-2)5-8(7)13-9/h4-6,13H,3H2,1-2H3. The summed E-state index contributed by atoms with van der Waals surface area (Å²) in [5.74, 6) is 0.141. The summed E-state index contributed by atoms with van der Waals surface area (Å²) in [6, 6.07) is 3.44. The highest BCUT2D eigenvalue weighted by atomic mass is 16.5. The number of carbonyl (C=O) groups is 1. The Hall–Kier alpha value is -2.04. The van der Waals surface area contributed by atoms with Gasteiger partial charge in [-0.15, -0.1) is 0 Å². The Morgan fingerprint density at radius 3 is 3.00 bits per heavy atom. The van der Waals surface area contributed by atoms with Gasteiger partial charge in [-0.2, -0.15) is 0 Å². The van der Waals surface area contributed by atoms with Crippen molar-refractivity contribution in [2.45, 2.75) is 6.92 Å². The summed E-state index contributed by atoms with van der Waals surface area (Å²) in [4.78, 5) is 18.5. The number of methoxy groups -OCH3 is 1. The van der Waals surface area contributed by atoms with Crippen LogP contribution in [0.1, 0.15) is 17.4 Å². The molecule has 0 amide bonds. The Labute approximate surface area is 92.4 Å². The van der Waals surface area contributed by atoms with E-state index in [2.05, 4.69) is 9.97 Å². The predicted molar refractivity (Wildman–Crippen MR) is 58.6 cm³/mol. The lowest BCUT2D eigenvalue weighted by Gasteiger charge is -1.97. The zero-order chi connectivity index (χ0) is 11.5. The average molecular weight is 220 g/mol. The third-order valence-electron chi connectivity index (χ3n) is 2.18. The van der Waals surface area contributed by atoms with E-state index in [0.29, 0.717) is 18.2 Å². The van der Waals surface area contributed by atoms with E-state index in [-0.39, 0.29) is 5.97 Å². The molecule has 0 fully saturated rings. The van der Waals surface area contributed by atoms with Gasteiger partial charge in [-0.1, -0.05) is 0 Å². The predicted octanol–water partition coefficient (Wildman–Crippen LogP) is 1.75. The average Bonchev–Trinajstić information content (AvgIpc) is 2.71. The number of rotatable bonds is 3. The van der Waals surface area contributed by atoms with Gasteiger partial charge < -0.3 is 14.5 Å². The van der Waals surface area contributed by atoms with Gasteiger partial charge >= 0.3 is 5.97 Å². The Bertz CT molecular complexity index is 519. The molecule has 0 bridgehead atoms. The SMILES string of the molecule is CCOC(=O)c1cc2cnc(OC)cc2[nH]1. The molecule has 2 rings (SSSR count). The van der Waals surface area contributed by atoms with Crippen LogP contribution < -0.4 is 4.74 Å². The first-order valence-electron chi connectivity index (χ1n) is 4.94. The second kappa shape index (κ2) is 4.22. The molecule has 84 valence electrons. The number of H-pyrrole nitrogens is 1. The summed E-state index contributed by atoms with van der Waals surface area (Å²) < 4.78 is 9.88. The highest BCUT2D eigenvalue weighted by Crippen LogP contribution is 2.18. The molecular formula is C11H12N2O3. The Morgan fingerprint density at radius 1 is 1.50 bits per heavy atom. The molecule has 1 N–H and O–H groups in total. The van der Waals surface area contributed by atoms with Crippen LogP contribution in [0.25, 0.3) is 10.9 Å². The molecule has 0 saturated carbocycles. The molecule has 0 aliphatic rings. The second-order valence-corrected chi connectivity index (χ2v) is 3.22. The number of pyridine rings is 1. The van der Waals surface area contributed by atoms with Crippen LogP contribution in [0.5, 0.6) is 5.88 Å². The van der Waals surface area contributed by atoms with Crippen LogP contribution in [0.3, 0.4) is 0 Å².